The minimum atomic E-state index is 0.334. The Balaban J connectivity index is 1.88. The van der Waals surface area contributed by atoms with Gasteiger partial charge in [0, 0.05) is 16.7 Å². The maximum Gasteiger partial charge on any atom is 0.105 e. The van der Waals surface area contributed by atoms with Crippen LogP contribution in [0.1, 0.15) is 46.5 Å². The van der Waals surface area contributed by atoms with Crippen molar-refractivity contribution in [1.82, 2.24) is 4.98 Å². The minimum absolute atomic E-state index is 0.334. The summed E-state index contributed by atoms with van der Waals surface area (Å²) in [6, 6.07) is 21.4. The van der Waals surface area contributed by atoms with Crippen LogP contribution in [0.2, 0.25) is 0 Å². The first kappa shape index (κ1) is 19.0. The second-order valence-electron chi connectivity index (χ2n) is 7.81. The Morgan fingerprint density at radius 2 is 1.65 bits per heavy atom. The Morgan fingerprint density at radius 1 is 0.923 bits per heavy atom. The van der Waals surface area contributed by atoms with Crippen LogP contribution in [0, 0.1) is 5.41 Å². The zero-order valence-electron chi connectivity index (χ0n) is 16.2. The summed E-state index contributed by atoms with van der Waals surface area (Å²) in [6.45, 7) is 7.05. The van der Waals surface area contributed by atoms with Crippen molar-refractivity contribution in [1.29, 1.82) is 0 Å². The van der Waals surface area contributed by atoms with Crippen molar-refractivity contribution in [2.45, 2.75) is 51.5 Å². The first-order valence-corrected chi connectivity index (χ1v) is 10.7. The van der Waals surface area contributed by atoms with Gasteiger partial charge < -0.3 is 0 Å². The maximum atomic E-state index is 5.01. The molecule has 136 valence electrons. The fourth-order valence-corrected chi connectivity index (χ4v) is 4.39. The monoisotopic (exact) mass is 363 g/mol. The Hall–Kier alpha value is -1.80. The third-order valence-electron chi connectivity index (χ3n) is 4.83. The first-order valence-electron chi connectivity index (χ1n) is 9.67. The van der Waals surface area contributed by atoms with Crippen LogP contribution in [-0.2, 0) is 0 Å². The number of fused-ring (bicyclic) bond motifs is 1. The molecule has 0 unspecified atom stereocenters. The molecule has 0 aliphatic rings. The molecule has 3 aromatic rings. The van der Waals surface area contributed by atoms with Gasteiger partial charge in [-0.1, -0.05) is 88.6 Å². The van der Waals surface area contributed by atoms with E-state index in [0.29, 0.717) is 5.41 Å². The molecule has 0 aliphatic carbocycles. The average molecular weight is 364 g/mol. The highest BCUT2D eigenvalue weighted by Gasteiger charge is 2.19. The number of unbranched alkanes of at least 4 members (excludes halogenated alkanes) is 2. The standard InChI is InChI=1S/C24H29NS/c1-4-5-11-16-24(2,3)18-26-23-21(19-12-7-6-8-13-19)17-20-14-9-10-15-22(20)25-23/h6-10,12-15,17H,4-5,11,16,18H2,1-3H3. The predicted molar refractivity (Wildman–Crippen MR) is 116 cm³/mol. The molecule has 0 radical (unpaired) electrons. The van der Waals surface area contributed by atoms with Crippen molar-refractivity contribution in [2.24, 2.45) is 5.41 Å². The number of hydrogen-bond acceptors (Lipinski definition) is 2. The number of nitrogens with zero attached hydrogens (tertiary/aromatic N) is 1. The van der Waals surface area contributed by atoms with Crippen LogP contribution in [0.4, 0.5) is 0 Å². The van der Waals surface area contributed by atoms with E-state index in [9.17, 15) is 0 Å². The van der Waals surface area contributed by atoms with Gasteiger partial charge in [-0.15, -0.1) is 11.8 Å². The van der Waals surface area contributed by atoms with Gasteiger partial charge in [0.15, 0.2) is 0 Å². The summed E-state index contributed by atoms with van der Waals surface area (Å²) in [5.41, 5.74) is 3.91. The molecule has 1 aromatic heterocycles. The lowest BCUT2D eigenvalue weighted by molar-refractivity contribution is 0.368. The minimum Gasteiger partial charge on any atom is -0.241 e. The highest BCUT2D eigenvalue weighted by molar-refractivity contribution is 7.99. The number of benzene rings is 2. The maximum absolute atomic E-state index is 5.01. The van der Waals surface area contributed by atoms with Crippen LogP contribution in [-0.4, -0.2) is 10.7 Å². The number of thioether (sulfide) groups is 1. The molecule has 26 heavy (non-hydrogen) atoms. The van der Waals surface area contributed by atoms with Gasteiger partial charge >= 0.3 is 0 Å². The SMILES string of the molecule is CCCCCC(C)(C)CSc1nc2ccccc2cc1-c1ccccc1. The summed E-state index contributed by atoms with van der Waals surface area (Å²) < 4.78 is 0. The molecule has 0 fully saturated rings. The van der Waals surface area contributed by atoms with Crippen LogP contribution in [0.25, 0.3) is 22.0 Å². The lowest BCUT2D eigenvalue weighted by atomic mass is 9.89. The molecule has 0 N–H and O–H groups in total. The molecule has 0 amide bonds. The van der Waals surface area contributed by atoms with Crippen molar-refractivity contribution in [3.63, 3.8) is 0 Å². The Labute approximate surface area is 162 Å². The van der Waals surface area contributed by atoms with Gasteiger partial charge in [0.05, 0.1) is 5.52 Å². The summed E-state index contributed by atoms with van der Waals surface area (Å²) in [4.78, 5) is 5.01. The molecule has 0 spiro atoms. The summed E-state index contributed by atoms with van der Waals surface area (Å²) >= 11 is 1.91. The van der Waals surface area contributed by atoms with E-state index in [1.807, 2.05) is 11.8 Å². The van der Waals surface area contributed by atoms with E-state index in [2.05, 4.69) is 81.4 Å². The lowest BCUT2D eigenvalue weighted by Gasteiger charge is -2.24. The van der Waals surface area contributed by atoms with Crippen LogP contribution < -0.4 is 0 Å². The third kappa shape index (κ3) is 4.88. The highest BCUT2D eigenvalue weighted by atomic mass is 32.2. The first-order chi connectivity index (χ1) is 12.6. The van der Waals surface area contributed by atoms with Crippen LogP contribution in [0.5, 0.6) is 0 Å². The molecule has 1 nitrogen and oxygen atoms in total. The zero-order chi connectivity index (χ0) is 18.4. The van der Waals surface area contributed by atoms with Gasteiger partial charge in [0.2, 0.25) is 0 Å². The largest absolute Gasteiger partial charge is 0.241 e. The second-order valence-corrected chi connectivity index (χ2v) is 8.77. The van der Waals surface area contributed by atoms with E-state index in [0.717, 1.165) is 16.3 Å². The summed E-state index contributed by atoms with van der Waals surface area (Å²) in [5, 5.41) is 2.36. The number of rotatable bonds is 8. The Bertz CT molecular complexity index is 839. The smallest absolute Gasteiger partial charge is 0.105 e. The van der Waals surface area contributed by atoms with E-state index in [1.165, 1.54) is 42.2 Å². The molecule has 0 saturated carbocycles. The molecule has 0 atom stereocenters. The fraction of sp³-hybridized carbons (Fsp3) is 0.375. The number of pyridine rings is 1. The van der Waals surface area contributed by atoms with Crippen molar-refractivity contribution in [2.75, 3.05) is 5.75 Å². The van der Waals surface area contributed by atoms with E-state index in [-0.39, 0.29) is 0 Å². The van der Waals surface area contributed by atoms with Crippen LogP contribution >= 0.6 is 11.8 Å². The molecule has 0 aliphatic heterocycles. The number of hydrogen-bond donors (Lipinski definition) is 0. The third-order valence-corrected chi connectivity index (χ3v) is 6.34. The lowest BCUT2D eigenvalue weighted by Crippen LogP contribution is -2.14. The molecular weight excluding hydrogens is 334 g/mol. The molecule has 0 bridgehead atoms. The Morgan fingerprint density at radius 3 is 2.42 bits per heavy atom. The normalized spacial score (nSPS) is 11.8. The number of aromatic nitrogens is 1. The van der Waals surface area contributed by atoms with E-state index in [4.69, 9.17) is 4.98 Å². The van der Waals surface area contributed by atoms with Gasteiger partial charge in [-0.25, -0.2) is 4.98 Å². The molecule has 2 aromatic carbocycles. The molecule has 0 saturated heterocycles. The van der Waals surface area contributed by atoms with Crippen molar-refractivity contribution in [3.05, 3.63) is 60.7 Å². The van der Waals surface area contributed by atoms with Crippen molar-refractivity contribution in [3.8, 4) is 11.1 Å². The topological polar surface area (TPSA) is 12.9 Å². The highest BCUT2D eigenvalue weighted by Crippen LogP contribution is 2.37. The molecular formula is C24H29NS. The quantitative estimate of drug-likeness (QED) is 0.302. The van der Waals surface area contributed by atoms with Crippen LogP contribution in [0.3, 0.4) is 0 Å². The summed E-state index contributed by atoms with van der Waals surface area (Å²) in [6.07, 6.45) is 5.22. The molecule has 3 rings (SSSR count). The van der Waals surface area contributed by atoms with E-state index < -0.39 is 0 Å². The average Bonchev–Trinajstić information content (AvgIpc) is 2.66. The van der Waals surface area contributed by atoms with Gasteiger partial charge in [0.1, 0.15) is 5.03 Å². The van der Waals surface area contributed by atoms with Gasteiger partial charge in [-0.2, -0.15) is 0 Å². The van der Waals surface area contributed by atoms with Crippen LogP contribution in [0.15, 0.2) is 65.7 Å². The summed E-state index contributed by atoms with van der Waals surface area (Å²) in [7, 11) is 0. The fourth-order valence-electron chi connectivity index (χ4n) is 3.22. The van der Waals surface area contributed by atoms with Gasteiger partial charge in [0.25, 0.3) is 0 Å². The number of para-hydroxylation sites is 1. The molecule has 1 heterocycles. The summed E-state index contributed by atoms with van der Waals surface area (Å²) in [5.74, 6) is 1.10. The predicted octanol–water partition coefficient (Wildman–Crippen LogP) is 7.60. The Kier molecular flexibility index (Phi) is 6.37. The van der Waals surface area contributed by atoms with Crippen molar-refractivity contribution < 1.29 is 0 Å². The van der Waals surface area contributed by atoms with Gasteiger partial charge in [-0.3, -0.25) is 0 Å². The second kappa shape index (κ2) is 8.73. The van der Waals surface area contributed by atoms with Crippen molar-refractivity contribution >= 4 is 22.7 Å². The zero-order valence-corrected chi connectivity index (χ0v) is 17.0. The van der Waals surface area contributed by atoms with E-state index >= 15 is 0 Å². The van der Waals surface area contributed by atoms with E-state index in [1.54, 1.807) is 0 Å². The van der Waals surface area contributed by atoms with Gasteiger partial charge in [-0.05, 0) is 29.5 Å². The molecule has 2 heteroatoms.